The molecule has 0 fully saturated rings. The highest BCUT2D eigenvalue weighted by Gasteiger charge is 2.10. The highest BCUT2D eigenvalue weighted by molar-refractivity contribution is 5.98. The Morgan fingerprint density at radius 2 is 1.95 bits per heavy atom. The summed E-state index contributed by atoms with van der Waals surface area (Å²) in [5.41, 5.74) is 0.611. The van der Waals surface area contributed by atoms with Gasteiger partial charge in [0.15, 0.2) is 17.3 Å². The van der Waals surface area contributed by atoms with Crippen molar-refractivity contribution < 1.29 is 19.0 Å². The van der Waals surface area contributed by atoms with Crippen LogP contribution in [-0.4, -0.2) is 46.3 Å². The van der Waals surface area contributed by atoms with Gasteiger partial charge in [-0.25, -0.2) is 0 Å². The van der Waals surface area contributed by atoms with E-state index in [1.807, 2.05) is 6.92 Å². The van der Waals surface area contributed by atoms with Crippen LogP contribution >= 0.6 is 0 Å². The van der Waals surface area contributed by atoms with Gasteiger partial charge >= 0.3 is 0 Å². The summed E-state index contributed by atoms with van der Waals surface area (Å²) in [7, 11) is 3.12. The third-order valence-corrected chi connectivity index (χ3v) is 2.84. The van der Waals surface area contributed by atoms with Gasteiger partial charge in [-0.05, 0) is 38.1 Å². The molecule has 0 spiro atoms. The lowest BCUT2D eigenvalue weighted by atomic mass is 10.1. The highest BCUT2D eigenvalue weighted by Crippen LogP contribution is 2.27. The largest absolute Gasteiger partial charge is 0.493 e. The summed E-state index contributed by atoms with van der Waals surface area (Å²) < 4.78 is 15.5. The molecule has 1 rings (SSSR count). The molecule has 0 unspecified atom stereocenters. The van der Waals surface area contributed by atoms with Gasteiger partial charge in [-0.15, -0.1) is 0 Å². The molecule has 1 aromatic carbocycles. The summed E-state index contributed by atoms with van der Waals surface area (Å²) >= 11 is 0. The van der Waals surface area contributed by atoms with Crippen molar-refractivity contribution in [3.8, 4) is 11.5 Å². The summed E-state index contributed by atoms with van der Waals surface area (Å²) in [6.45, 7) is 4.48. The molecular formula is C15H23NO4. The minimum absolute atomic E-state index is 0.0300. The summed E-state index contributed by atoms with van der Waals surface area (Å²) in [6.07, 6.45) is 0.896. The molecule has 0 bridgehead atoms. The molecular weight excluding hydrogens is 258 g/mol. The molecule has 5 nitrogen and oxygen atoms in total. The monoisotopic (exact) mass is 281 g/mol. The van der Waals surface area contributed by atoms with E-state index in [-0.39, 0.29) is 5.78 Å². The number of hydrogen-bond donors (Lipinski definition) is 1. The Kier molecular flexibility index (Phi) is 7.69. The van der Waals surface area contributed by atoms with Crippen LogP contribution in [0.3, 0.4) is 0 Å². The summed E-state index contributed by atoms with van der Waals surface area (Å²) in [5.74, 6) is 1.21. The minimum atomic E-state index is 0.0300. The van der Waals surface area contributed by atoms with Gasteiger partial charge in [0.05, 0.1) is 20.8 Å². The zero-order chi connectivity index (χ0) is 14.8. The Morgan fingerprint density at radius 1 is 1.20 bits per heavy atom. The second kappa shape index (κ2) is 9.34. The fourth-order valence-corrected chi connectivity index (χ4v) is 1.76. The maximum absolute atomic E-state index is 12.0. The predicted octanol–water partition coefficient (Wildman–Crippen LogP) is 1.90. The molecule has 5 heteroatoms. The van der Waals surface area contributed by atoms with Crippen LogP contribution in [0.2, 0.25) is 0 Å². The molecule has 0 atom stereocenters. The van der Waals surface area contributed by atoms with Gasteiger partial charge in [-0.1, -0.05) is 0 Å². The lowest BCUT2D eigenvalue weighted by Gasteiger charge is -2.09. The molecule has 1 aromatic rings. The Labute approximate surface area is 120 Å². The van der Waals surface area contributed by atoms with Crippen LogP contribution in [0.25, 0.3) is 0 Å². The maximum atomic E-state index is 12.0. The fourth-order valence-electron chi connectivity index (χ4n) is 1.76. The Bertz CT molecular complexity index is 420. The highest BCUT2D eigenvalue weighted by atomic mass is 16.5. The van der Waals surface area contributed by atoms with Crippen molar-refractivity contribution in [3.63, 3.8) is 0 Å². The van der Waals surface area contributed by atoms with Gasteiger partial charge in [0.25, 0.3) is 0 Å². The second-order valence-corrected chi connectivity index (χ2v) is 4.22. The van der Waals surface area contributed by atoms with Crippen LogP contribution < -0.4 is 14.8 Å². The summed E-state index contributed by atoms with van der Waals surface area (Å²) in [4.78, 5) is 12.0. The van der Waals surface area contributed by atoms with Crippen molar-refractivity contribution in [2.75, 3.05) is 40.5 Å². The molecule has 0 aliphatic heterocycles. The van der Waals surface area contributed by atoms with Crippen molar-refractivity contribution in [1.29, 1.82) is 0 Å². The summed E-state index contributed by atoms with van der Waals surface area (Å²) in [6, 6.07) is 5.18. The van der Waals surface area contributed by atoms with Gasteiger partial charge in [-0.2, -0.15) is 0 Å². The fraction of sp³-hybridized carbons (Fsp3) is 0.533. The van der Waals surface area contributed by atoms with Gasteiger partial charge in [0, 0.05) is 18.8 Å². The number of ether oxygens (including phenoxy) is 3. The van der Waals surface area contributed by atoms with Crippen molar-refractivity contribution in [2.24, 2.45) is 0 Å². The zero-order valence-corrected chi connectivity index (χ0v) is 12.4. The SMILES string of the molecule is CCOCCCNCC(=O)c1ccc(OC)c(OC)c1. The van der Waals surface area contributed by atoms with E-state index in [9.17, 15) is 4.79 Å². The van der Waals surface area contributed by atoms with E-state index in [1.165, 1.54) is 0 Å². The number of hydrogen-bond acceptors (Lipinski definition) is 5. The maximum Gasteiger partial charge on any atom is 0.176 e. The Morgan fingerprint density at radius 3 is 2.60 bits per heavy atom. The first-order valence-electron chi connectivity index (χ1n) is 6.76. The predicted molar refractivity (Wildman–Crippen MR) is 77.9 cm³/mol. The van der Waals surface area contributed by atoms with Crippen LogP contribution in [0.1, 0.15) is 23.7 Å². The Balaban J connectivity index is 2.43. The lowest BCUT2D eigenvalue weighted by Crippen LogP contribution is -2.24. The summed E-state index contributed by atoms with van der Waals surface area (Å²) in [5, 5.41) is 3.11. The standard InChI is InChI=1S/C15H23NO4/c1-4-20-9-5-8-16-11-13(17)12-6-7-14(18-2)15(10-12)19-3/h6-7,10,16H,4-5,8-9,11H2,1-3H3. The first-order chi connectivity index (χ1) is 9.72. The van der Waals surface area contributed by atoms with E-state index in [0.29, 0.717) is 30.2 Å². The number of benzene rings is 1. The molecule has 0 radical (unpaired) electrons. The molecule has 1 N–H and O–H groups in total. The van der Waals surface area contributed by atoms with Crippen LogP contribution in [-0.2, 0) is 4.74 Å². The van der Waals surface area contributed by atoms with E-state index < -0.39 is 0 Å². The number of rotatable bonds is 10. The normalized spacial score (nSPS) is 10.3. The lowest BCUT2D eigenvalue weighted by molar-refractivity contribution is 0.0988. The van der Waals surface area contributed by atoms with Crippen molar-refractivity contribution in [3.05, 3.63) is 23.8 Å². The van der Waals surface area contributed by atoms with Gasteiger partial charge in [-0.3, -0.25) is 4.79 Å². The van der Waals surface area contributed by atoms with Crippen molar-refractivity contribution in [1.82, 2.24) is 5.32 Å². The Hall–Kier alpha value is -1.59. The van der Waals surface area contributed by atoms with Crippen LogP contribution in [0.5, 0.6) is 11.5 Å². The molecule has 0 amide bonds. The van der Waals surface area contributed by atoms with Gasteiger partial charge < -0.3 is 19.5 Å². The molecule has 0 aliphatic carbocycles. The molecule has 0 aliphatic rings. The van der Waals surface area contributed by atoms with Gasteiger partial charge in [0.2, 0.25) is 0 Å². The molecule has 0 aromatic heterocycles. The number of nitrogens with one attached hydrogen (secondary N) is 1. The molecule has 0 heterocycles. The van der Waals surface area contributed by atoms with Crippen LogP contribution in [0.4, 0.5) is 0 Å². The minimum Gasteiger partial charge on any atom is -0.493 e. The van der Waals surface area contributed by atoms with Gasteiger partial charge in [0.1, 0.15) is 0 Å². The van der Waals surface area contributed by atoms with Crippen molar-refractivity contribution in [2.45, 2.75) is 13.3 Å². The van der Waals surface area contributed by atoms with Crippen molar-refractivity contribution >= 4 is 5.78 Å². The average molecular weight is 281 g/mol. The smallest absolute Gasteiger partial charge is 0.176 e. The number of methoxy groups -OCH3 is 2. The second-order valence-electron chi connectivity index (χ2n) is 4.22. The van der Waals surface area contributed by atoms with E-state index in [4.69, 9.17) is 14.2 Å². The van der Waals surface area contributed by atoms with Crippen LogP contribution in [0.15, 0.2) is 18.2 Å². The molecule has 0 saturated heterocycles. The number of Topliss-reactive ketones (excluding diaryl/α,β-unsaturated/α-hetero) is 1. The third-order valence-electron chi connectivity index (χ3n) is 2.84. The first kappa shape index (κ1) is 16.5. The first-order valence-corrected chi connectivity index (χ1v) is 6.76. The number of ketones is 1. The quantitative estimate of drug-likeness (QED) is 0.524. The van der Waals surface area contributed by atoms with Crippen LogP contribution in [0, 0.1) is 0 Å². The average Bonchev–Trinajstić information content (AvgIpc) is 2.49. The third kappa shape index (κ3) is 5.19. The van der Waals surface area contributed by atoms with E-state index >= 15 is 0 Å². The topological polar surface area (TPSA) is 56.8 Å². The van der Waals surface area contributed by atoms with E-state index in [1.54, 1.807) is 32.4 Å². The molecule has 112 valence electrons. The number of carbonyl (C=O) groups is 1. The molecule has 0 saturated carbocycles. The van der Waals surface area contributed by atoms with E-state index in [2.05, 4.69) is 5.32 Å². The zero-order valence-electron chi connectivity index (χ0n) is 12.4. The number of carbonyl (C=O) groups excluding carboxylic acids is 1. The molecule has 20 heavy (non-hydrogen) atoms. The van der Waals surface area contributed by atoms with E-state index in [0.717, 1.165) is 19.6 Å².